The Balaban J connectivity index is 1.20. The van der Waals surface area contributed by atoms with E-state index in [1.807, 2.05) is 60.7 Å². The van der Waals surface area contributed by atoms with Gasteiger partial charge in [-0.25, -0.2) is 9.59 Å². The molecule has 0 bridgehead atoms. The number of carbonyl (C=O) groups excluding carboxylic acids is 2. The molecule has 0 aliphatic carbocycles. The van der Waals surface area contributed by atoms with Crippen LogP contribution in [0.25, 0.3) is 10.8 Å². The summed E-state index contributed by atoms with van der Waals surface area (Å²) in [4.78, 5) is 33.3. The summed E-state index contributed by atoms with van der Waals surface area (Å²) < 4.78 is 6.25. The Morgan fingerprint density at radius 2 is 1.49 bits per heavy atom. The first kappa shape index (κ1) is 29.6. The van der Waals surface area contributed by atoms with E-state index in [1.165, 1.54) is 0 Å². The van der Waals surface area contributed by atoms with Gasteiger partial charge >= 0.3 is 12.0 Å². The molecule has 0 saturated carbocycles. The number of carbonyl (C=O) groups is 2. The Bertz CT molecular complexity index is 1620. The molecule has 0 unspecified atom stereocenters. The molecule has 6 rings (SSSR count). The van der Waals surface area contributed by atoms with Crippen LogP contribution < -0.4 is 10.2 Å². The number of amides is 2. The average molecular weight is 638 g/mol. The van der Waals surface area contributed by atoms with Crippen LogP contribution in [0.2, 0.25) is 15.1 Å². The SMILES string of the molecule is O=C(O[C@@H]1CCN(C(=O)Nc2cc(Cl)cc(Cl)c2)C[C@H]1N1CCN(c2cccc(Cl)c2)CC1)c1cccc2ccccc12. The van der Waals surface area contributed by atoms with Crippen LogP contribution in [0.15, 0.2) is 84.9 Å². The van der Waals surface area contributed by atoms with Crippen molar-refractivity contribution in [2.75, 3.05) is 49.5 Å². The molecule has 222 valence electrons. The molecule has 2 amide bonds. The van der Waals surface area contributed by atoms with E-state index in [-0.39, 0.29) is 24.1 Å². The summed E-state index contributed by atoms with van der Waals surface area (Å²) >= 11 is 18.5. The maximum atomic E-state index is 13.6. The number of piperidine rings is 1. The van der Waals surface area contributed by atoms with Crippen LogP contribution in [0.4, 0.5) is 16.2 Å². The molecule has 1 N–H and O–H groups in total. The van der Waals surface area contributed by atoms with Gasteiger partial charge in [-0.15, -0.1) is 0 Å². The van der Waals surface area contributed by atoms with Crippen molar-refractivity contribution < 1.29 is 14.3 Å². The summed E-state index contributed by atoms with van der Waals surface area (Å²) in [6, 6.07) is 25.8. The van der Waals surface area contributed by atoms with Gasteiger partial charge in [0.05, 0.1) is 11.6 Å². The Labute approximate surface area is 265 Å². The lowest BCUT2D eigenvalue weighted by molar-refractivity contribution is -0.0289. The van der Waals surface area contributed by atoms with E-state index in [2.05, 4.69) is 21.2 Å². The number of ether oxygens (including phenoxy) is 1. The zero-order valence-electron chi connectivity index (χ0n) is 23.4. The normalized spacial score (nSPS) is 19.3. The van der Waals surface area contributed by atoms with Gasteiger partial charge in [0.25, 0.3) is 0 Å². The molecule has 2 aliphatic rings. The number of nitrogens with one attached hydrogen (secondary N) is 1. The highest BCUT2D eigenvalue weighted by Gasteiger charge is 2.39. The lowest BCUT2D eigenvalue weighted by Crippen LogP contribution is -2.61. The second-order valence-electron chi connectivity index (χ2n) is 10.9. The van der Waals surface area contributed by atoms with E-state index in [9.17, 15) is 9.59 Å². The highest BCUT2D eigenvalue weighted by molar-refractivity contribution is 6.35. The molecule has 4 aromatic carbocycles. The van der Waals surface area contributed by atoms with Gasteiger partial charge in [0, 0.05) is 72.1 Å². The van der Waals surface area contributed by atoms with Crippen LogP contribution in [0.5, 0.6) is 0 Å². The maximum Gasteiger partial charge on any atom is 0.339 e. The van der Waals surface area contributed by atoms with Gasteiger partial charge in [0.1, 0.15) is 6.10 Å². The molecule has 7 nitrogen and oxygen atoms in total. The number of esters is 1. The van der Waals surface area contributed by atoms with Crippen molar-refractivity contribution >= 4 is 69.0 Å². The first-order valence-electron chi connectivity index (χ1n) is 14.3. The van der Waals surface area contributed by atoms with Crippen LogP contribution in [-0.4, -0.2) is 73.2 Å². The predicted octanol–water partition coefficient (Wildman–Crippen LogP) is 7.45. The average Bonchev–Trinajstić information content (AvgIpc) is 3.00. The first-order chi connectivity index (χ1) is 20.8. The van der Waals surface area contributed by atoms with Crippen LogP contribution in [0.3, 0.4) is 0 Å². The molecule has 0 spiro atoms. The fourth-order valence-electron chi connectivity index (χ4n) is 6.00. The van der Waals surface area contributed by atoms with E-state index in [0.717, 1.165) is 42.6 Å². The van der Waals surface area contributed by atoms with Crippen LogP contribution in [0, 0.1) is 0 Å². The topological polar surface area (TPSA) is 65.1 Å². The zero-order chi connectivity index (χ0) is 29.9. The Hall–Kier alpha value is -3.49. The van der Waals surface area contributed by atoms with E-state index >= 15 is 0 Å². The fourth-order valence-corrected chi connectivity index (χ4v) is 6.71. The second kappa shape index (κ2) is 13.0. The third kappa shape index (κ3) is 6.86. The number of hydrogen-bond donors (Lipinski definition) is 1. The molecule has 2 fully saturated rings. The lowest BCUT2D eigenvalue weighted by atomic mass is 9.99. The number of hydrogen-bond acceptors (Lipinski definition) is 5. The lowest BCUT2D eigenvalue weighted by Gasteiger charge is -2.46. The molecule has 4 aromatic rings. The minimum atomic E-state index is -0.381. The zero-order valence-corrected chi connectivity index (χ0v) is 25.7. The number of rotatable bonds is 5. The molecule has 2 heterocycles. The van der Waals surface area contributed by atoms with Crippen molar-refractivity contribution in [2.45, 2.75) is 18.6 Å². The van der Waals surface area contributed by atoms with Crippen LogP contribution >= 0.6 is 34.8 Å². The molecule has 2 aliphatic heterocycles. The summed E-state index contributed by atoms with van der Waals surface area (Å²) in [7, 11) is 0. The number of anilines is 2. The minimum absolute atomic E-state index is 0.178. The molecule has 43 heavy (non-hydrogen) atoms. The Kier molecular flexibility index (Phi) is 8.96. The smallest absolute Gasteiger partial charge is 0.339 e. The van der Waals surface area contributed by atoms with Gasteiger partial charge in [-0.05, 0) is 53.2 Å². The van der Waals surface area contributed by atoms with Gasteiger partial charge in [-0.3, -0.25) is 4.90 Å². The van der Waals surface area contributed by atoms with Crippen molar-refractivity contribution in [1.29, 1.82) is 0 Å². The summed E-state index contributed by atoms with van der Waals surface area (Å²) in [6.45, 7) is 3.91. The van der Waals surface area contributed by atoms with Crippen LogP contribution in [-0.2, 0) is 4.74 Å². The summed E-state index contributed by atoms with van der Waals surface area (Å²) in [6.07, 6.45) is 0.133. The number of halogens is 3. The Morgan fingerprint density at radius 3 is 2.26 bits per heavy atom. The third-order valence-corrected chi connectivity index (χ3v) is 8.82. The number of urea groups is 1. The van der Waals surface area contributed by atoms with E-state index in [0.29, 0.717) is 45.8 Å². The highest BCUT2D eigenvalue weighted by atomic mass is 35.5. The summed E-state index contributed by atoms with van der Waals surface area (Å²) in [5.41, 5.74) is 2.15. The summed E-state index contributed by atoms with van der Waals surface area (Å²) in [5.74, 6) is -0.351. The Morgan fingerprint density at radius 1 is 0.767 bits per heavy atom. The predicted molar refractivity (Wildman–Crippen MR) is 174 cm³/mol. The molecule has 10 heteroatoms. The quantitative estimate of drug-likeness (QED) is 0.230. The number of benzene rings is 4. The van der Waals surface area contributed by atoms with E-state index in [1.54, 1.807) is 23.1 Å². The summed E-state index contributed by atoms with van der Waals surface area (Å²) in [5, 5.41) is 6.36. The van der Waals surface area contributed by atoms with E-state index in [4.69, 9.17) is 39.5 Å². The highest BCUT2D eigenvalue weighted by Crippen LogP contribution is 2.28. The van der Waals surface area contributed by atoms with Gasteiger partial charge in [0.2, 0.25) is 0 Å². The van der Waals surface area contributed by atoms with Crippen molar-refractivity contribution in [2.24, 2.45) is 0 Å². The second-order valence-corrected chi connectivity index (χ2v) is 12.2. The van der Waals surface area contributed by atoms with E-state index < -0.39 is 0 Å². The molecule has 0 aromatic heterocycles. The molecule has 2 saturated heterocycles. The van der Waals surface area contributed by atoms with Crippen molar-refractivity contribution in [3.05, 3.63) is 106 Å². The first-order valence-corrected chi connectivity index (χ1v) is 15.4. The number of fused-ring (bicyclic) bond motifs is 1. The standard InChI is InChI=1S/C33H31Cl3N4O3/c34-23-7-4-8-27(20-23)38-13-15-39(16-14-38)30-21-40(33(42)37-26-18-24(35)17-25(36)19-26)12-11-31(30)43-32(41)29-10-3-6-22-5-1-2-9-28(22)29/h1-10,17-20,30-31H,11-16,21H2,(H,37,42)/t30-,31-/m1/s1. The maximum absolute atomic E-state index is 13.6. The molecular weight excluding hydrogens is 607 g/mol. The molecule has 0 radical (unpaired) electrons. The van der Waals surface area contributed by atoms with Crippen molar-refractivity contribution in [1.82, 2.24) is 9.80 Å². The number of piperazine rings is 1. The van der Waals surface area contributed by atoms with Gasteiger partial charge in [-0.1, -0.05) is 77.3 Å². The van der Waals surface area contributed by atoms with Gasteiger partial charge in [-0.2, -0.15) is 0 Å². The molecule has 2 atom stereocenters. The third-order valence-electron chi connectivity index (χ3n) is 8.15. The number of likely N-dealkylation sites (tertiary alicyclic amines) is 1. The minimum Gasteiger partial charge on any atom is -0.457 e. The fraction of sp³-hybridized carbons (Fsp3) is 0.273. The van der Waals surface area contributed by atoms with Crippen LogP contribution in [0.1, 0.15) is 16.8 Å². The van der Waals surface area contributed by atoms with Crippen molar-refractivity contribution in [3.8, 4) is 0 Å². The van der Waals surface area contributed by atoms with Crippen molar-refractivity contribution in [3.63, 3.8) is 0 Å². The molecular formula is C33H31Cl3N4O3. The largest absolute Gasteiger partial charge is 0.457 e. The van der Waals surface area contributed by atoms with Gasteiger partial charge < -0.3 is 19.9 Å². The number of nitrogens with zero attached hydrogens (tertiary/aromatic N) is 3. The monoisotopic (exact) mass is 636 g/mol. The van der Waals surface area contributed by atoms with Gasteiger partial charge in [0.15, 0.2) is 0 Å².